The predicted molar refractivity (Wildman–Crippen MR) is 137 cm³/mol. The smallest absolute Gasteiger partial charge is 0.271 e. The molecule has 2 aliphatic rings. The number of amidine groups is 1. The first kappa shape index (κ1) is 25.0. The van der Waals surface area contributed by atoms with E-state index < -0.39 is 16.1 Å². The number of hydrogen-bond acceptors (Lipinski definition) is 7. The van der Waals surface area contributed by atoms with Crippen LogP contribution in [0, 0.1) is 10.1 Å². The molecule has 1 aliphatic carbocycles. The maximum absolute atomic E-state index is 13.4. The average Bonchev–Trinajstić information content (AvgIpc) is 3.45. The normalized spacial score (nSPS) is 19.4. The summed E-state index contributed by atoms with van der Waals surface area (Å²) in [5.41, 5.74) is 0.570. The van der Waals surface area contributed by atoms with Crippen molar-refractivity contribution in [1.82, 2.24) is 4.90 Å². The van der Waals surface area contributed by atoms with Crippen LogP contribution in [0.1, 0.15) is 39.0 Å². The first-order chi connectivity index (χ1) is 16.9. The number of hydrogen-bond donors (Lipinski definition) is 1. The highest BCUT2D eigenvalue weighted by Gasteiger charge is 2.43. The van der Waals surface area contributed by atoms with Crippen molar-refractivity contribution in [1.29, 1.82) is 0 Å². The average molecular weight is 517 g/mol. The zero-order chi connectivity index (χ0) is 24.9. The summed E-state index contributed by atoms with van der Waals surface area (Å²) in [5, 5.41) is 13.7. The van der Waals surface area contributed by atoms with Gasteiger partial charge in [-0.05, 0) is 38.0 Å². The van der Waals surface area contributed by atoms with Gasteiger partial charge in [0.25, 0.3) is 5.69 Å². The number of nitrogens with zero attached hydrogens (tertiary/aromatic N) is 3. The molecule has 1 atom stereocenters. The summed E-state index contributed by atoms with van der Waals surface area (Å²) in [6.45, 7) is 2.38. The van der Waals surface area contributed by atoms with Crippen molar-refractivity contribution < 1.29 is 19.2 Å². The molecule has 1 unspecified atom stereocenters. The van der Waals surface area contributed by atoms with Crippen molar-refractivity contribution in [3.63, 3.8) is 0 Å². The number of non-ortho nitro benzene ring substituents is 1. The fourth-order valence-electron chi connectivity index (χ4n) is 4.21. The summed E-state index contributed by atoms with van der Waals surface area (Å²) < 4.78 is 5.69. The van der Waals surface area contributed by atoms with E-state index in [2.05, 4.69) is 5.32 Å². The molecule has 0 spiro atoms. The second-order valence-corrected chi connectivity index (χ2v) is 9.80. The highest BCUT2D eigenvalue weighted by atomic mass is 35.5. The van der Waals surface area contributed by atoms with Gasteiger partial charge in [-0.25, -0.2) is 4.99 Å². The zero-order valence-corrected chi connectivity index (χ0v) is 20.7. The molecule has 1 aliphatic heterocycles. The van der Waals surface area contributed by atoms with E-state index in [0.717, 1.165) is 25.7 Å². The van der Waals surface area contributed by atoms with E-state index in [9.17, 15) is 19.7 Å². The van der Waals surface area contributed by atoms with Crippen LogP contribution >= 0.6 is 23.4 Å². The number of nitrogens with one attached hydrogen (secondary N) is 1. The predicted octanol–water partition coefficient (Wildman–Crippen LogP) is 5.55. The maximum atomic E-state index is 13.4. The SMILES string of the molecule is CCOc1ccccc1N=C1SC(CC(=O)Nc2cc([N+](=O)[O-])ccc2Cl)C(=O)N1C1CCCC1. The van der Waals surface area contributed by atoms with Gasteiger partial charge in [0.15, 0.2) is 5.17 Å². The summed E-state index contributed by atoms with van der Waals surface area (Å²) in [5.74, 6) is 0.0128. The largest absolute Gasteiger partial charge is 0.492 e. The summed E-state index contributed by atoms with van der Waals surface area (Å²) >= 11 is 7.36. The summed E-state index contributed by atoms with van der Waals surface area (Å²) in [6.07, 6.45) is 3.75. The number of carbonyl (C=O) groups excluding carboxylic acids is 2. The quantitative estimate of drug-likeness (QED) is 0.363. The molecule has 4 rings (SSSR count). The lowest BCUT2D eigenvalue weighted by molar-refractivity contribution is -0.384. The lowest BCUT2D eigenvalue weighted by atomic mass is 10.2. The minimum Gasteiger partial charge on any atom is -0.492 e. The molecule has 2 amide bonds. The first-order valence-corrected chi connectivity index (χ1v) is 12.7. The van der Waals surface area contributed by atoms with Crippen molar-refractivity contribution >= 4 is 57.4 Å². The fourth-order valence-corrected chi connectivity index (χ4v) is 5.59. The van der Waals surface area contributed by atoms with Crippen molar-refractivity contribution in [2.45, 2.75) is 50.3 Å². The van der Waals surface area contributed by atoms with E-state index in [0.29, 0.717) is 23.2 Å². The van der Waals surface area contributed by atoms with Gasteiger partial charge in [-0.2, -0.15) is 0 Å². The van der Waals surface area contributed by atoms with Crippen LogP contribution in [0.4, 0.5) is 17.1 Å². The van der Waals surface area contributed by atoms with Crippen LogP contribution in [-0.4, -0.2) is 44.7 Å². The van der Waals surface area contributed by atoms with Gasteiger partial charge >= 0.3 is 0 Å². The van der Waals surface area contributed by atoms with Gasteiger partial charge in [0, 0.05) is 24.6 Å². The number of ether oxygens (including phenoxy) is 1. The van der Waals surface area contributed by atoms with Gasteiger partial charge in [0.1, 0.15) is 16.7 Å². The van der Waals surface area contributed by atoms with E-state index in [1.807, 2.05) is 31.2 Å². The Kier molecular flexibility index (Phi) is 7.92. The Morgan fingerprint density at radius 3 is 2.74 bits per heavy atom. The number of aliphatic imine (C=N–C) groups is 1. The molecule has 2 aromatic rings. The number of para-hydroxylation sites is 2. The highest BCUT2D eigenvalue weighted by Crippen LogP contribution is 2.39. The van der Waals surface area contributed by atoms with Crippen LogP contribution in [0.15, 0.2) is 47.5 Å². The Hall–Kier alpha value is -3.11. The van der Waals surface area contributed by atoms with Crippen LogP contribution in [0.5, 0.6) is 5.75 Å². The Morgan fingerprint density at radius 1 is 1.29 bits per heavy atom. The van der Waals surface area contributed by atoms with Gasteiger partial charge < -0.3 is 10.1 Å². The molecule has 0 aromatic heterocycles. The number of nitro groups is 1. The number of nitro benzene ring substituents is 1. The third-order valence-corrected chi connectivity index (χ3v) is 7.32. The number of halogens is 1. The van der Waals surface area contributed by atoms with Crippen molar-refractivity contribution in [2.24, 2.45) is 4.99 Å². The van der Waals surface area contributed by atoms with E-state index in [4.69, 9.17) is 21.3 Å². The Morgan fingerprint density at radius 2 is 2.03 bits per heavy atom. The Bertz CT molecular complexity index is 1170. The molecule has 1 saturated heterocycles. The van der Waals surface area contributed by atoms with E-state index in [-0.39, 0.29) is 34.8 Å². The fraction of sp³-hybridized carbons (Fsp3) is 0.375. The molecule has 1 heterocycles. The monoisotopic (exact) mass is 516 g/mol. The van der Waals surface area contributed by atoms with E-state index in [1.165, 1.54) is 30.0 Å². The summed E-state index contributed by atoms with van der Waals surface area (Å²) in [6, 6.07) is 11.3. The van der Waals surface area contributed by atoms with Gasteiger partial charge in [0.05, 0.1) is 22.2 Å². The molecule has 11 heteroatoms. The molecule has 0 bridgehead atoms. The third-order valence-electron chi connectivity index (χ3n) is 5.84. The highest BCUT2D eigenvalue weighted by molar-refractivity contribution is 8.15. The lowest BCUT2D eigenvalue weighted by Crippen LogP contribution is -2.40. The van der Waals surface area contributed by atoms with Crippen LogP contribution < -0.4 is 10.1 Å². The molecular weight excluding hydrogens is 492 g/mol. The lowest BCUT2D eigenvalue weighted by Gasteiger charge is -2.23. The van der Waals surface area contributed by atoms with Crippen LogP contribution in [0.3, 0.4) is 0 Å². The number of anilines is 1. The minimum absolute atomic E-state index is 0.0484. The molecule has 9 nitrogen and oxygen atoms in total. The number of thioether (sulfide) groups is 1. The molecule has 35 heavy (non-hydrogen) atoms. The number of amides is 2. The molecule has 2 fully saturated rings. The van der Waals surface area contributed by atoms with Crippen LogP contribution in [-0.2, 0) is 9.59 Å². The topological polar surface area (TPSA) is 114 Å². The van der Waals surface area contributed by atoms with Gasteiger partial charge in [-0.1, -0.05) is 48.3 Å². The summed E-state index contributed by atoms with van der Waals surface area (Å²) in [4.78, 5) is 43.2. The van der Waals surface area contributed by atoms with Gasteiger partial charge in [-0.15, -0.1) is 0 Å². The van der Waals surface area contributed by atoms with E-state index in [1.54, 1.807) is 4.90 Å². The minimum atomic E-state index is -0.661. The molecule has 1 N–H and O–H groups in total. The Balaban J connectivity index is 1.55. The van der Waals surface area contributed by atoms with Crippen LogP contribution in [0.2, 0.25) is 5.02 Å². The molecule has 184 valence electrons. The van der Waals surface area contributed by atoms with E-state index >= 15 is 0 Å². The van der Waals surface area contributed by atoms with Crippen molar-refractivity contribution in [3.05, 3.63) is 57.6 Å². The molecule has 0 radical (unpaired) electrons. The van der Waals surface area contributed by atoms with Crippen molar-refractivity contribution in [3.8, 4) is 5.75 Å². The second kappa shape index (κ2) is 11.1. The second-order valence-electron chi connectivity index (χ2n) is 8.22. The number of benzene rings is 2. The zero-order valence-electron chi connectivity index (χ0n) is 19.1. The van der Waals surface area contributed by atoms with Crippen LogP contribution in [0.25, 0.3) is 0 Å². The van der Waals surface area contributed by atoms with Crippen molar-refractivity contribution in [2.75, 3.05) is 11.9 Å². The Labute approximate surface area is 212 Å². The molecule has 1 saturated carbocycles. The van der Waals surface area contributed by atoms with Gasteiger partial charge in [0.2, 0.25) is 11.8 Å². The third kappa shape index (κ3) is 5.76. The standard InChI is InChI=1S/C24H25ClN4O5S/c1-2-34-20-10-6-5-9-18(20)27-24-28(15-7-3-4-8-15)23(31)21(35-24)14-22(30)26-19-13-16(29(32)33)11-12-17(19)25/h5-6,9-13,15,21H,2-4,7-8,14H2,1H3,(H,26,30). The summed E-state index contributed by atoms with van der Waals surface area (Å²) in [7, 11) is 0. The molecular formula is C24H25ClN4O5S. The molecule has 2 aromatic carbocycles. The number of rotatable bonds is 8. The van der Waals surface area contributed by atoms with Gasteiger partial charge in [-0.3, -0.25) is 24.6 Å². The maximum Gasteiger partial charge on any atom is 0.271 e. The number of carbonyl (C=O) groups is 2. The first-order valence-electron chi connectivity index (χ1n) is 11.4.